The summed E-state index contributed by atoms with van der Waals surface area (Å²) in [6, 6.07) is 8.71. The van der Waals surface area contributed by atoms with Gasteiger partial charge in [0, 0.05) is 19.0 Å². The van der Waals surface area contributed by atoms with Gasteiger partial charge in [0.2, 0.25) is 5.91 Å². The molecule has 2 saturated heterocycles. The number of likely N-dealkylation sites (tertiary alicyclic amines) is 2. The normalized spacial score (nSPS) is 20.3. The molecule has 0 aliphatic carbocycles. The fourth-order valence-corrected chi connectivity index (χ4v) is 4.06. The molecule has 2 aliphatic rings. The summed E-state index contributed by atoms with van der Waals surface area (Å²) in [6.07, 6.45) is 9.79. The van der Waals surface area contributed by atoms with Gasteiger partial charge in [-0.2, -0.15) is 0 Å². The maximum Gasteiger partial charge on any atom is 0.223 e. The van der Waals surface area contributed by atoms with Crippen LogP contribution in [0.4, 0.5) is 0 Å². The minimum absolute atomic E-state index is 0.125. The monoisotopic (exact) mass is 367 g/mol. The number of piperidine rings is 2. The number of rotatable bonds is 6. The lowest BCUT2D eigenvalue weighted by molar-refractivity contribution is -0.126. The quantitative estimate of drug-likeness (QED) is 0.786. The van der Waals surface area contributed by atoms with Crippen LogP contribution < -0.4 is 5.32 Å². The third-order valence-corrected chi connectivity index (χ3v) is 6.05. The second-order valence-electron chi connectivity index (χ2n) is 8.25. The van der Waals surface area contributed by atoms with Crippen molar-refractivity contribution < 1.29 is 4.79 Å². The van der Waals surface area contributed by atoms with Crippen molar-refractivity contribution in [2.75, 3.05) is 32.7 Å². The molecule has 2 heterocycles. The van der Waals surface area contributed by atoms with Gasteiger partial charge in [-0.25, -0.2) is 0 Å². The molecule has 0 radical (unpaired) electrons. The third kappa shape index (κ3) is 6.09. The highest BCUT2D eigenvalue weighted by atomic mass is 16.1. The number of terminal acetylenes is 1. The summed E-state index contributed by atoms with van der Waals surface area (Å²) >= 11 is 0. The Balaban J connectivity index is 1.40. The van der Waals surface area contributed by atoms with Crippen LogP contribution in [0.15, 0.2) is 24.3 Å². The molecule has 4 heteroatoms. The molecular weight excluding hydrogens is 334 g/mol. The Bertz CT molecular complexity index is 633. The molecule has 0 aromatic heterocycles. The fourth-order valence-electron chi connectivity index (χ4n) is 4.06. The SMILES string of the molecule is C#CCN1CCC(C(=O)NCc2ccc(CN3CCC(C)CC3)cc2)CC1. The van der Waals surface area contributed by atoms with Crippen molar-refractivity contribution in [2.24, 2.45) is 11.8 Å². The average molecular weight is 368 g/mol. The number of nitrogens with one attached hydrogen (secondary N) is 1. The van der Waals surface area contributed by atoms with Gasteiger partial charge in [-0.15, -0.1) is 6.42 Å². The van der Waals surface area contributed by atoms with Gasteiger partial charge in [-0.05, 0) is 68.9 Å². The van der Waals surface area contributed by atoms with E-state index in [0.29, 0.717) is 13.1 Å². The van der Waals surface area contributed by atoms with Crippen molar-refractivity contribution in [1.82, 2.24) is 15.1 Å². The highest BCUT2D eigenvalue weighted by Crippen LogP contribution is 2.19. The molecule has 1 N–H and O–H groups in total. The molecule has 2 aliphatic heterocycles. The van der Waals surface area contributed by atoms with E-state index in [1.807, 2.05) is 0 Å². The summed E-state index contributed by atoms with van der Waals surface area (Å²) < 4.78 is 0. The van der Waals surface area contributed by atoms with Crippen LogP contribution in [0.3, 0.4) is 0 Å². The zero-order chi connectivity index (χ0) is 19.1. The molecule has 2 fully saturated rings. The Morgan fingerprint density at radius 3 is 2.26 bits per heavy atom. The number of amides is 1. The first kappa shape index (κ1) is 19.9. The molecule has 3 rings (SSSR count). The van der Waals surface area contributed by atoms with Crippen LogP contribution in [0.5, 0.6) is 0 Å². The van der Waals surface area contributed by atoms with Gasteiger partial charge < -0.3 is 5.32 Å². The zero-order valence-electron chi connectivity index (χ0n) is 16.6. The minimum atomic E-state index is 0.125. The standard InChI is InChI=1S/C23H33N3O/c1-3-12-25-15-10-22(11-16-25)23(27)24-17-20-4-6-21(7-5-20)18-26-13-8-19(2)9-14-26/h1,4-7,19,22H,8-18H2,2H3,(H,24,27). The van der Waals surface area contributed by atoms with Gasteiger partial charge in [0.15, 0.2) is 0 Å². The first-order valence-electron chi connectivity index (χ1n) is 10.4. The highest BCUT2D eigenvalue weighted by molar-refractivity contribution is 5.78. The van der Waals surface area contributed by atoms with Crippen molar-refractivity contribution in [2.45, 2.75) is 45.7 Å². The van der Waals surface area contributed by atoms with Crippen LogP contribution in [0.1, 0.15) is 43.7 Å². The molecular formula is C23H33N3O. The molecule has 1 aromatic rings. The predicted molar refractivity (Wildman–Crippen MR) is 110 cm³/mol. The first-order chi connectivity index (χ1) is 13.1. The van der Waals surface area contributed by atoms with Crippen LogP contribution in [0.25, 0.3) is 0 Å². The topological polar surface area (TPSA) is 35.6 Å². The number of nitrogens with zero attached hydrogens (tertiary/aromatic N) is 2. The molecule has 1 amide bonds. The van der Waals surface area contributed by atoms with E-state index in [1.165, 1.54) is 37.1 Å². The largest absolute Gasteiger partial charge is 0.352 e. The summed E-state index contributed by atoms with van der Waals surface area (Å²) in [5.74, 6) is 3.86. The van der Waals surface area contributed by atoms with E-state index in [0.717, 1.165) is 38.4 Å². The van der Waals surface area contributed by atoms with Gasteiger partial charge in [0.05, 0.1) is 6.54 Å². The molecule has 1 aromatic carbocycles. The van der Waals surface area contributed by atoms with Crippen LogP contribution >= 0.6 is 0 Å². The van der Waals surface area contributed by atoms with E-state index < -0.39 is 0 Å². The Morgan fingerprint density at radius 1 is 1.04 bits per heavy atom. The number of hydrogen-bond acceptors (Lipinski definition) is 3. The van der Waals surface area contributed by atoms with Crippen molar-refractivity contribution in [3.05, 3.63) is 35.4 Å². The molecule has 0 bridgehead atoms. The lowest BCUT2D eigenvalue weighted by Crippen LogP contribution is -2.40. The Morgan fingerprint density at radius 2 is 1.63 bits per heavy atom. The van der Waals surface area contributed by atoms with Crippen LogP contribution in [-0.2, 0) is 17.9 Å². The zero-order valence-corrected chi connectivity index (χ0v) is 16.6. The second-order valence-corrected chi connectivity index (χ2v) is 8.25. The van der Waals surface area contributed by atoms with Gasteiger partial charge in [-0.3, -0.25) is 14.6 Å². The van der Waals surface area contributed by atoms with Crippen molar-refractivity contribution in [3.63, 3.8) is 0 Å². The molecule has 146 valence electrons. The summed E-state index contributed by atoms with van der Waals surface area (Å²) in [5, 5.41) is 3.11. The summed E-state index contributed by atoms with van der Waals surface area (Å²) in [4.78, 5) is 17.2. The Hall–Kier alpha value is -1.83. The number of carbonyl (C=O) groups is 1. The molecule has 0 unspecified atom stereocenters. The summed E-state index contributed by atoms with van der Waals surface area (Å²) in [5.41, 5.74) is 2.53. The van der Waals surface area contributed by atoms with Crippen LogP contribution in [0, 0.1) is 24.2 Å². The maximum atomic E-state index is 12.4. The maximum absolute atomic E-state index is 12.4. The average Bonchev–Trinajstić information content (AvgIpc) is 2.70. The van der Waals surface area contributed by atoms with Crippen LogP contribution in [0.2, 0.25) is 0 Å². The lowest BCUT2D eigenvalue weighted by atomic mass is 9.96. The minimum Gasteiger partial charge on any atom is -0.352 e. The molecule has 0 saturated carbocycles. The molecule has 4 nitrogen and oxygen atoms in total. The van der Waals surface area contributed by atoms with E-state index in [9.17, 15) is 4.79 Å². The fraction of sp³-hybridized carbons (Fsp3) is 0.609. The third-order valence-electron chi connectivity index (χ3n) is 6.05. The van der Waals surface area contributed by atoms with E-state index in [4.69, 9.17) is 6.42 Å². The number of hydrogen-bond donors (Lipinski definition) is 1. The van der Waals surface area contributed by atoms with E-state index >= 15 is 0 Å². The molecule has 0 atom stereocenters. The van der Waals surface area contributed by atoms with Gasteiger partial charge in [0.1, 0.15) is 0 Å². The van der Waals surface area contributed by atoms with E-state index in [1.54, 1.807) is 0 Å². The number of carbonyl (C=O) groups excluding carboxylic acids is 1. The molecule has 27 heavy (non-hydrogen) atoms. The summed E-state index contributed by atoms with van der Waals surface area (Å²) in [6.45, 7) is 8.95. The smallest absolute Gasteiger partial charge is 0.223 e. The highest BCUT2D eigenvalue weighted by Gasteiger charge is 2.24. The van der Waals surface area contributed by atoms with E-state index in [-0.39, 0.29) is 11.8 Å². The second kappa shape index (κ2) is 9.92. The molecule has 0 spiro atoms. The van der Waals surface area contributed by atoms with Crippen molar-refractivity contribution in [3.8, 4) is 12.3 Å². The Labute approximate surface area is 164 Å². The summed E-state index contributed by atoms with van der Waals surface area (Å²) in [7, 11) is 0. The van der Waals surface area contributed by atoms with Gasteiger partial charge in [-0.1, -0.05) is 37.1 Å². The van der Waals surface area contributed by atoms with E-state index in [2.05, 4.69) is 52.2 Å². The van der Waals surface area contributed by atoms with Crippen molar-refractivity contribution >= 4 is 5.91 Å². The Kier molecular flexibility index (Phi) is 7.32. The van der Waals surface area contributed by atoms with Gasteiger partial charge in [0.25, 0.3) is 0 Å². The number of benzene rings is 1. The lowest BCUT2D eigenvalue weighted by Gasteiger charge is -2.30. The van der Waals surface area contributed by atoms with Gasteiger partial charge >= 0.3 is 0 Å². The van der Waals surface area contributed by atoms with Crippen LogP contribution in [-0.4, -0.2) is 48.4 Å². The van der Waals surface area contributed by atoms with Crippen molar-refractivity contribution in [1.29, 1.82) is 0 Å². The first-order valence-corrected chi connectivity index (χ1v) is 10.4. The predicted octanol–water partition coefficient (Wildman–Crippen LogP) is 2.88.